The third-order valence-electron chi connectivity index (χ3n) is 2.90. The van der Waals surface area contributed by atoms with Crippen LogP contribution in [0.25, 0.3) is 0 Å². The monoisotopic (exact) mass is 309 g/mol. The van der Waals surface area contributed by atoms with Gasteiger partial charge in [-0.2, -0.15) is 5.10 Å². The molecule has 0 spiro atoms. The van der Waals surface area contributed by atoms with Crippen LogP contribution in [0, 0.1) is 13.8 Å². The summed E-state index contributed by atoms with van der Waals surface area (Å²) in [6.45, 7) is 3.85. The van der Waals surface area contributed by atoms with Crippen LogP contribution in [0.5, 0.6) is 0 Å². The molecule has 4 nitrogen and oxygen atoms in total. The molecular formula is C14H16ClN3OS. The predicted molar refractivity (Wildman–Crippen MR) is 84.3 cm³/mol. The van der Waals surface area contributed by atoms with Gasteiger partial charge in [0.15, 0.2) is 5.82 Å². The van der Waals surface area contributed by atoms with E-state index in [1.807, 2.05) is 38.1 Å². The topological polar surface area (TPSA) is 57.8 Å². The number of hydrogen-bond donors (Lipinski definition) is 2. The number of benzene rings is 1. The highest BCUT2D eigenvalue weighted by molar-refractivity contribution is 7.99. The average molecular weight is 310 g/mol. The second kappa shape index (κ2) is 6.81. The van der Waals surface area contributed by atoms with Crippen LogP contribution in [-0.2, 0) is 10.5 Å². The number of H-pyrrole nitrogens is 1. The maximum atomic E-state index is 11.8. The summed E-state index contributed by atoms with van der Waals surface area (Å²) >= 11 is 7.46. The molecule has 0 fully saturated rings. The molecule has 0 atom stereocenters. The molecule has 1 amide bonds. The van der Waals surface area contributed by atoms with E-state index < -0.39 is 0 Å². The summed E-state index contributed by atoms with van der Waals surface area (Å²) in [6, 6.07) is 7.66. The Bertz CT molecular complexity index is 612. The maximum Gasteiger partial charge on any atom is 0.235 e. The number of thioether (sulfide) groups is 1. The van der Waals surface area contributed by atoms with Gasteiger partial charge in [0.1, 0.15) is 0 Å². The van der Waals surface area contributed by atoms with Crippen LogP contribution in [0.4, 0.5) is 5.82 Å². The van der Waals surface area contributed by atoms with E-state index in [1.54, 1.807) is 11.8 Å². The quantitative estimate of drug-likeness (QED) is 0.888. The van der Waals surface area contributed by atoms with Gasteiger partial charge in [0.25, 0.3) is 0 Å². The Kier molecular flexibility index (Phi) is 5.09. The van der Waals surface area contributed by atoms with E-state index in [4.69, 9.17) is 11.6 Å². The number of aromatic amines is 1. The lowest BCUT2D eigenvalue weighted by atomic mass is 10.2. The molecule has 106 valence electrons. The molecule has 2 aromatic rings. The first-order valence-corrected chi connectivity index (χ1v) is 7.73. The van der Waals surface area contributed by atoms with Crippen molar-refractivity contribution >= 4 is 35.1 Å². The molecular weight excluding hydrogens is 294 g/mol. The molecule has 0 unspecified atom stereocenters. The number of nitrogens with zero attached hydrogens (tertiary/aromatic N) is 1. The molecule has 1 aromatic carbocycles. The van der Waals surface area contributed by atoms with Crippen molar-refractivity contribution in [2.45, 2.75) is 19.6 Å². The van der Waals surface area contributed by atoms with Crippen LogP contribution < -0.4 is 5.32 Å². The van der Waals surface area contributed by atoms with Crippen molar-refractivity contribution in [2.75, 3.05) is 11.1 Å². The molecule has 20 heavy (non-hydrogen) atoms. The summed E-state index contributed by atoms with van der Waals surface area (Å²) in [5.74, 6) is 1.70. The second-order valence-corrected chi connectivity index (χ2v) is 5.92. The molecule has 0 radical (unpaired) electrons. The van der Waals surface area contributed by atoms with E-state index in [9.17, 15) is 4.79 Å². The molecule has 0 aliphatic carbocycles. The van der Waals surface area contributed by atoms with Crippen molar-refractivity contribution < 1.29 is 4.79 Å². The van der Waals surface area contributed by atoms with Gasteiger partial charge >= 0.3 is 0 Å². The number of rotatable bonds is 5. The number of nitrogens with one attached hydrogen (secondary N) is 2. The standard InChI is InChI=1S/C14H16ClN3OS/c1-9-10(2)17-18-14(9)16-13(19)8-20-7-11-4-3-5-12(15)6-11/h3-6H,7-8H2,1-2H3,(H2,16,17,18,19). The number of aryl methyl sites for hydroxylation is 1. The van der Waals surface area contributed by atoms with Crippen molar-refractivity contribution in [1.29, 1.82) is 0 Å². The van der Waals surface area contributed by atoms with Gasteiger partial charge in [0.2, 0.25) is 5.91 Å². The molecule has 6 heteroatoms. The largest absolute Gasteiger partial charge is 0.308 e. The van der Waals surface area contributed by atoms with Gasteiger partial charge in [-0.3, -0.25) is 9.89 Å². The third-order valence-corrected chi connectivity index (χ3v) is 4.14. The summed E-state index contributed by atoms with van der Waals surface area (Å²) in [5, 5.41) is 10.4. The molecule has 2 N–H and O–H groups in total. The summed E-state index contributed by atoms with van der Waals surface area (Å²) in [6.07, 6.45) is 0. The van der Waals surface area contributed by atoms with Crippen LogP contribution in [0.2, 0.25) is 5.02 Å². The fraction of sp³-hybridized carbons (Fsp3) is 0.286. The SMILES string of the molecule is Cc1[nH]nc(NC(=O)CSCc2cccc(Cl)c2)c1C. The number of amides is 1. The predicted octanol–water partition coefficient (Wildman–Crippen LogP) is 3.55. The van der Waals surface area contributed by atoms with Crippen LogP contribution in [-0.4, -0.2) is 21.9 Å². The van der Waals surface area contributed by atoms with Crippen LogP contribution in [0.1, 0.15) is 16.8 Å². The highest BCUT2D eigenvalue weighted by atomic mass is 35.5. The van der Waals surface area contributed by atoms with E-state index in [0.717, 1.165) is 27.6 Å². The number of aromatic nitrogens is 2. The smallest absolute Gasteiger partial charge is 0.235 e. The van der Waals surface area contributed by atoms with Crippen LogP contribution in [0.15, 0.2) is 24.3 Å². The van der Waals surface area contributed by atoms with Crippen LogP contribution in [0.3, 0.4) is 0 Å². The zero-order chi connectivity index (χ0) is 14.5. The van der Waals surface area contributed by atoms with E-state index in [-0.39, 0.29) is 5.91 Å². The Labute approximate surface area is 127 Å². The minimum absolute atomic E-state index is 0.0494. The van der Waals surface area contributed by atoms with Gasteiger partial charge < -0.3 is 5.32 Å². The van der Waals surface area contributed by atoms with Crippen molar-refractivity contribution in [3.8, 4) is 0 Å². The second-order valence-electron chi connectivity index (χ2n) is 4.49. The Hall–Kier alpha value is -1.46. The minimum Gasteiger partial charge on any atom is -0.308 e. The van der Waals surface area contributed by atoms with Gasteiger partial charge in [0, 0.05) is 22.0 Å². The molecule has 1 aromatic heterocycles. The van der Waals surface area contributed by atoms with Gasteiger partial charge in [0.05, 0.1) is 5.75 Å². The average Bonchev–Trinajstić information content (AvgIpc) is 2.71. The molecule has 0 saturated carbocycles. The van der Waals surface area contributed by atoms with Gasteiger partial charge in [-0.15, -0.1) is 11.8 Å². The Balaban J connectivity index is 1.80. The van der Waals surface area contributed by atoms with E-state index >= 15 is 0 Å². The minimum atomic E-state index is -0.0494. The summed E-state index contributed by atoms with van der Waals surface area (Å²) in [4.78, 5) is 11.8. The van der Waals surface area contributed by atoms with Gasteiger partial charge in [-0.05, 0) is 31.5 Å². The Morgan fingerprint density at radius 3 is 2.90 bits per heavy atom. The highest BCUT2D eigenvalue weighted by Gasteiger charge is 2.09. The molecule has 1 heterocycles. The number of hydrogen-bond acceptors (Lipinski definition) is 3. The van der Waals surface area contributed by atoms with Gasteiger partial charge in [-0.25, -0.2) is 0 Å². The number of carbonyl (C=O) groups excluding carboxylic acids is 1. The van der Waals surface area contributed by atoms with Crippen molar-refractivity contribution in [3.63, 3.8) is 0 Å². The van der Waals surface area contributed by atoms with Crippen molar-refractivity contribution in [2.24, 2.45) is 0 Å². The van der Waals surface area contributed by atoms with Crippen molar-refractivity contribution in [3.05, 3.63) is 46.1 Å². The summed E-state index contributed by atoms with van der Waals surface area (Å²) in [5.41, 5.74) is 3.05. The van der Waals surface area contributed by atoms with Gasteiger partial charge in [-0.1, -0.05) is 23.7 Å². The molecule has 0 saturated heterocycles. The van der Waals surface area contributed by atoms with Crippen LogP contribution >= 0.6 is 23.4 Å². The third kappa shape index (κ3) is 4.02. The van der Waals surface area contributed by atoms with E-state index in [0.29, 0.717) is 11.6 Å². The van der Waals surface area contributed by atoms with Crippen molar-refractivity contribution in [1.82, 2.24) is 10.2 Å². The first kappa shape index (κ1) is 14.9. The number of carbonyl (C=O) groups is 1. The summed E-state index contributed by atoms with van der Waals surface area (Å²) < 4.78 is 0. The zero-order valence-electron chi connectivity index (χ0n) is 11.4. The van der Waals surface area contributed by atoms with E-state index in [1.165, 1.54) is 0 Å². The Morgan fingerprint density at radius 2 is 2.25 bits per heavy atom. The number of anilines is 1. The highest BCUT2D eigenvalue weighted by Crippen LogP contribution is 2.18. The lowest BCUT2D eigenvalue weighted by molar-refractivity contribution is -0.113. The fourth-order valence-corrected chi connectivity index (χ4v) is 2.65. The fourth-order valence-electron chi connectivity index (χ4n) is 1.66. The van der Waals surface area contributed by atoms with E-state index in [2.05, 4.69) is 15.5 Å². The molecule has 2 rings (SSSR count). The maximum absolute atomic E-state index is 11.8. The molecule has 0 aliphatic rings. The normalized spacial score (nSPS) is 10.6. The molecule has 0 bridgehead atoms. The zero-order valence-corrected chi connectivity index (χ0v) is 12.9. The first-order chi connectivity index (χ1) is 9.56. The summed E-state index contributed by atoms with van der Waals surface area (Å²) in [7, 11) is 0. The number of halogens is 1. The lowest BCUT2D eigenvalue weighted by Gasteiger charge is -2.04. The molecule has 0 aliphatic heterocycles. The lowest BCUT2D eigenvalue weighted by Crippen LogP contribution is -2.15. The first-order valence-electron chi connectivity index (χ1n) is 6.20. The Morgan fingerprint density at radius 1 is 1.45 bits per heavy atom.